The molecular weight excluding hydrogens is 428 g/mol. The number of benzene rings is 1. The van der Waals surface area contributed by atoms with E-state index in [-0.39, 0.29) is 5.91 Å². The first-order valence-corrected chi connectivity index (χ1v) is 12.0. The summed E-state index contributed by atoms with van der Waals surface area (Å²) >= 11 is 0. The fourth-order valence-corrected chi connectivity index (χ4v) is 4.63. The highest BCUT2D eigenvalue weighted by Gasteiger charge is 2.28. The molecule has 0 N–H and O–H groups in total. The first-order chi connectivity index (χ1) is 16.4. The number of rotatable bonds is 6. The van der Waals surface area contributed by atoms with Crippen molar-refractivity contribution >= 4 is 17.4 Å². The van der Waals surface area contributed by atoms with E-state index in [4.69, 9.17) is 14.7 Å². The highest BCUT2D eigenvalue weighted by atomic mass is 16.5. The van der Waals surface area contributed by atoms with Gasteiger partial charge in [-0.3, -0.25) is 4.79 Å². The lowest BCUT2D eigenvalue weighted by molar-refractivity contribution is -0.126. The van der Waals surface area contributed by atoms with Crippen LogP contribution in [0.4, 0.5) is 11.5 Å². The van der Waals surface area contributed by atoms with Crippen LogP contribution in [0.15, 0.2) is 30.4 Å². The van der Waals surface area contributed by atoms with Crippen LogP contribution in [0, 0.1) is 13.8 Å². The Balaban J connectivity index is 1.50. The molecule has 0 atom stereocenters. The van der Waals surface area contributed by atoms with E-state index in [9.17, 15) is 4.79 Å². The second kappa shape index (κ2) is 10.4. The Kier molecular flexibility index (Phi) is 7.36. The number of fused-ring (bicyclic) bond motifs is 1. The summed E-state index contributed by atoms with van der Waals surface area (Å²) in [4.78, 5) is 30.6. The predicted molar refractivity (Wildman–Crippen MR) is 136 cm³/mol. The number of carbonyl (C=O) groups excluding carboxylic acids is 1. The average molecular weight is 465 g/mol. The van der Waals surface area contributed by atoms with Gasteiger partial charge in [-0.2, -0.15) is 9.97 Å². The maximum atomic E-state index is 12.5. The van der Waals surface area contributed by atoms with Crippen molar-refractivity contribution in [3.63, 3.8) is 0 Å². The zero-order valence-corrected chi connectivity index (χ0v) is 21.0. The molecule has 0 saturated carbocycles. The van der Waals surface area contributed by atoms with E-state index < -0.39 is 0 Å². The van der Waals surface area contributed by atoms with Gasteiger partial charge in [0.2, 0.25) is 5.91 Å². The molecule has 4 rings (SSSR count). The Bertz CT molecular complexity index is 1060. The molecule has 1 fully saturated rings. The Labute approximate surface area is 202 Å². The number of hydrogen-bond donors (Lipinski definition) is 0. The third-order valence-electron chi connectivity index (χ3n) is 6.74. The van der Waals surface area contributed by atoms with Crippen molar-refractivity contribution in [1.82, 2.24) is 19.8 Å². The smallest absolute Gasteiger partial charge is 0.318 e. The van der Waals surface area contributed by atoms with Crippen molar-refractivity contribution < 1.29 is 9.53 Å². The standard InChI is InChI=1S/C26H36N6O2/c1-19-8-6-9-23(20(19)2)32-13-11-21-22(18-32)27-26(34-5)28-25(21)31-16-14-30(15-17-31)24(33)10-7-12-29(3)4/h6-10H,11-18H2,1-5H3/b10-7+. The molecule has 2 aliphatic heterocycles. The number of ether oxygens (including phenoxy) is 1. The summed E-state index contributed by atoms with van der Waals surface area (Å²) in [6.07, 6.45) is 4.49. The van der Waals surface area contributed by atoms with Crippen LogP contribution in [0.25, 0.3) is 0 Å². The number of methoxy groups -OCH3 is 1. The van der Waals surface area contributed by atoms with Gasteiger partial charge in [-0.15, -0.1) is 0 Å². The highest BCUT2D eigenvalue weighted by molar-refractivity contribution is 5.87. The van der Waals surface area contributed by atoms with Crippen molar-refractivity contribution in [3.8, 4) is 6.01 Å². The molecule has 2 aliphatic rings. The molecule has 1 aromatic carbocycles. The fourth-order valence-electron chi connectivity index (χ4n) is 4.63. The van der Waals surface area contributed by atoms with Gasteiger partial charge in [0.05, 0.1) is 19.3 Å². The number of aromatic nitrogens is 2. The molecule has 1 amide bonds. The van der Waals surface area contributed by atoms with Gasteiger partial charge < -0.3 is 24.3 Å². The van der Waals surface area contributed by atoms with Gasteiger partial charge in [-0.05, 0) is 51.6 Å². The molecule has 8 nitrogen and oxygen atoms in total. The predicted octanol–water partition coefficient (Wildman–Crippen LogP) is 2.43. The van der Waals surface area contributed by atoms with Gasteiger partial charge in [-0.1, -0.05) is 18.2 Å². The lowest BCUT2D eigenvalue weighted by Gasteiger charge is -2.38. The molecule has 0 unspecified atom stereocenters. The number of nitrogens with zero attached hydrogens (tertiary/aromatic N) is 6. The second-order valence-corrected chi connectivity index (χ2v) is 9.33. The SMILES string of the molecule is COc1nc2c(c(N3CCN(C(=O)/C=C/CN(C)C)CC3)n1)CCN(c1cccc(C)c1C)C2. The van der Waals surface area contributed by atoms with Crippen molar-refractivity contribution in [3.05, 3.63) is 52.7 Å². The Morgan fingerprint density at radius 2 is 1.85 bits per heavy atom. The largest absolute Gasteiger partial charge is 0.467 e. The van der Waals surface area contributed by atoms with Crippen LogP contribution < -0.4 is 14.5 Å². The van der Waals surface area contributed by atoms with E-state index in [1.807, 2.05) is 30.0 Å². The minimum absolute atomic E-state index is 0.0768. The molecule has 0 bridgehead atoms. The summed E-state index contributed by atoms with van der Waals surface area (Å²) in [5.74, 6) is 1.03. The van der Waals surface area contributed by atoms with Crippen LogP contribution >= 0.6 is 0 Å². The molecule has 34 heavy (non-hydrogen) atoms. The summed E-state index contributed by atoms with van der Waals surface area (Å²) in [7, 11) is 5.60. The monoisotopic (exact) mass is 464 g/mol. The Morgan fingerprint density at radius 3 is 2.56 bits per heavy atom. The van der Waals surface area contributed by atoms with E-state index in [1.165, 1.54) is 22.4 Å². The molecule has 0 aliphatic carbocycles. The number of anilines is 2. The summed E-state index contributed by atoms with van der Waals surface area (Å²) in [6.45, 7) is 9.63. The number of carbonyl (C=O) groups is 1. The molecule has 1 aromatic heterocycles. The van der Waals surface area contributed by atoms with Gasteiger partial charge in [-0.25, -0.2) is 0 Å². The molecule has 8 heteroatoms. The van der Waals surface area contributed by atoms with Crippen LogP contribution in [0.5, 0.6) is 6.01 Å². The maximum absolute atomic E-state index is 12.5. The first-order valence-electron chi connectivity index (χ1n) is 12.0. The van der Waals surface area contributed by atoms with E-state index in [2.05, 4.69) is 41.8 Å². The van der Waals surface area contributed by atoms with E-state index in [0.717, 1.165) is 50.7 Å². The number of piperazine rings is 1. The third-order valence-corrected chi connectivity index (χ3v) is 6.74. The molecular formula is C26H36N6O2. The van der Waals surface area contributed by atoms with Gasteiger partial charge in [0, 0.05) is 56.6 Å². The Morgan fingerprint density at radius 1 is 1.09 bits per heavy atom. The van der Waals surface area contributed by atoms with Crippen LogP contribution in [0.2, 0.25) is 0 Å². The average Bonchev–Trinajstić information content (AvgIpc) is 2.84. The number of likely N-dealkylation sites (N-methyl/N-ethyl adjacent to an activating group) is 1. The lowest BCUT2D eigenvalue weighted by Crippen LogP contribution is -2.49. The van der Waals surface area contributed by atoms with E-state index in [0.29, 0.717) is 19.1 Å². The minimum atomic E-state index is 0.0768. The molecule has 0 spiro atoms. The summed E-state index contributed by atoms with van der Waals surface area (Å²) < 4.78 is 5.47. The van der Waals surface area contributed by atoms with Crippen LogP contribution in [0.3, 0.4) is 0 Å². The molecule has 1 saturated heterocycles. The fraction of sp³-hybridized carbons (Fsp3) is 0.500. The van der Waals surface area contributed by atoms with Crippen molar-refractivity contribution in [2.24, 2.45) is 0 Å². The van der Waals surface area contributed by atoms with E-state index in [1.54, 1.807) is 13.2 Å². The summed E-state index contributed by atoms with van der Waals surface area (Å²) in [6, 6.07) is 6.87. The highest BCUT2D eigenvalue weighted by Crippen LogP contribution is 2.33. The molecule has 182 valence electrons. The minimum Gasteiger partial charge on any atom is -0.467 e. The van der Waals surface area contributed by atoms with Gasteiger partial charge in [0.15, 0.2) is 0 Å². The third kappa shape index (κ3) is 5.17. The van der Waals surface area contributed by atoms with Gasteiger partial charge in [0.25, 0.3) is 0 Å². The van der Waals surface area contributed by atoms with Crippen molar-refractivity contribution in [2.75, 3.05) is 70.3 Å². The summed E-state index contributed by atoms with van der Waals surface area (Å²) in [5.41, 5.74) is 6.10. The second-order valence-electron chi connectivity index (χ2n) is 9.33. The normalized spacial score (nSPS) is 16.4. The molecule has 3 heterocycles. The first kappa shape index (κ1) is 24.0. The van der Waals surface area contributed by atoms with Crippen LogP contribution in [-0.4, -0.2) is 86.1 Å². The van der Waals surface area contributed by atoms with Gasteiger partial charge in [0.1, 0.15) is 5.82 Å². The number of amides is 1. The summed E-state index contributed by atoms with van der Waals surface area (Å²) in [5, 5.41) is 0. The topological polar surface area (TPSA) is 65.0 Å². The van der Waals surface area contributed by atoms with Crippen LogP contribution in [0.1, 0.15) is 22.4 Å². The number of hydrogen-bond acceptors (Lipinski definition) is 7. The number of aryl methyl sites for hydroxylation is 1. The quantitative estimate of drug-likeness (QED) is 0.609. The molecule has 2 aromatic rings. The zero-order chi connectivity index (χ0) is 24.2. The Hall–Kier alpha value is -3.13. The maximum Gasteiger partial charge on any atom is 0.318 e. The zero-order valence-electron chi connectivity index (χ0n) is 21.0. The van der Waals surface area contributed by atoms with Crippen molar-refractivity contribution in [2.45, 2.75) is 26.8 Å². The van der Waals surface area contributed by atoms with Crippen LogP contribution in [-0.2, 0) is 17.8 Å². The van der Waals surface area contributed by atoms with Crippen molar-refractivity contribution in [1.29, 1.82) is 0 Å². The van der Waals surface area contributed by atoms with E-state index >= 15 is 0 Å². The lowest BCUT2D eigenvalue weighted by atomic mass is 10.0. The molecule has 0 radical (unpaired) electrons. The van der Waals surface area contributed by atoms with Gasteiger partial charge >= 0.3 is 6.01 Å².